The van der Waals surface area contributed by atoms with E-state index in [0.29, 0.717) is 11.4 Å². The van der Waals surface area contributed by atoms with Crippen molar-refractivity contribution in [3.63, 3.8) is 0 Å². The Morgan fingerprint density at radius 3 is 2.56 bits per heavy atom. The van der Waals surface area contributed by atoms with Crippen LogP contribution in [0.3, 0.4) is 0 Å². The van der Waals surface area contributed by atoms with Gasteiger partial charge in [-0.25, -0.2) is 9.48 Å². The molecule has 0 spiro atoms. The van der Waals surface area contributed by atoms with E-state index in [4.69, 9.17) is 10.5 Å². The molecule has 0 bridgehead atoms. The van der Waals surface area contributed by atoms with Crippen molar-refractivity contribution >= 4 is 17.7 Å². The second-order valence-electron chi connectivity index (χ2n) is 5.71. The highest BCUT2D eigenvalue weighted by atomic mass is 16.5. The molecule has 6 heteroatoms. The van der Waals surface area contributed by atoms with Crippen LogP contribution in [0.15, 0.2) is 66.2 Å². The molecule has 3 aromatic rings. The lowest BCUT2D eigenvalue weighted by molar-refractivity contribution is -0.137. The summed E-state index contributed by atoms with van der Waals surface area (Å²) in [5.74, 6) is -0.664. The maximum absolute atomic E-state index is 11.9. The van der Waals surface area contributed by atoms with Gasteiger partial charge in [-0.3, -0.25) is 0 Å². The molecule has 1 aromatic heterocycles. The summed E-state index contributed by atoms with van der Waals surface area (Å²) in [5.41, 5.74) is 9.41. The summed E-state index contributed by atoms with van der Waals surface area (Å²) in [5, 5.41) is 13.8. The van der Waals surface area contributed by atoms with Crippen LogP contribution >= 0.6 is 0 Å². The smallest absolute Gasteiger partial charge is 0.348 e. The summed E-state index contributed by atoms with van der Waals surface area (Å²) in [4.78, 5) is 11.9. The Morgan fingerprint density at radius 1 is 1.22 bits per heavy atom. The highest BCUT2D eigenvalue weighted by Gasteiger charge is 2.14. The third kappa shape index (κ3) is 4.05. The molecular formula is C21H18N4O2. The Morgan fingerprint density at radius 2 is 1.93 bits per heavy atom. The molecule has 0 saturated heterocycles. The number of benzene rings is 2. The normalized spacial score (nSPS) is 11.0. The Hall–Kier alpha value is -3.85. The number of carbonyl (C=O) groups excluding carboxylic acids is 1. The van der Waals surface area contributed by atoms with Crippen molar-refractivity contribution < 1.29 is 9.53 Å². The van der Waals surface area contributed by atoms with E-state index in [1.807, 2.05) is 54.6 Å². The van der Waals surface area contributed by atoms with Crippen LogP contribution in [0.4, 0.5) is 5.69 Å². The SMILES string of the molecule is CCOC(=O)C(C#N)=Cc1cc(-c2ccccc2)n(-c2ccc(N)cc2)n1. The fourth-order valence-corrected chi connectivity index (χ4v) is 2.59. The lowest BCUT2D eigenvalue weighted by Gasteiger charge is -2.07. The second-order valence-corrected chi connectivity index (χ2v) is 5.71. The van der Waals surface area contributed by atoms with Crippen LogP contribution in [0.2, 0.25) is 0 Å². The molecule has 0 aliphatic heterocycles. The molecule has 2 aromatic carbocycles. The molecular weight excluding hydrogens is 340 g/mol. The fraction of sp³-hybridized carbons (Fsp3) is 0.0952. The third-order valence-corrected chi connectivity index (χ3v) is 3.84. The molecule has 3 rings (SSSR count). The number of esters is 1. The van der Waals surface area contributed by atoms with Gasteiger partial charge in [0.15, 0.2) is 0 Å². The van der Waals surface area contributed by atoms with Crippen LogP contribution in [0, 0.1) is 11.3 Å². The van der Waals surface area contributed by atoms with E-state index in [2.05, 4.69) is 5.10 Å². The zero-order valence-electron chi connectivity index (χ0n) is 14.8. The second kappa shape index (κ2) is 8.02. The van der Waals surface area contributed by atoms with Crippen molar-refractivity contribution in [2.45, 2.75) is 6.92 Å². The molecule has 1 heterocycles. The number of nitrogens with zero attached hydrogens (tertiary/aromatic N) is 3. The number of anilines is 1. The quantitative estimate of drug-likeness (QED) is 0.325. The Bertz CT molecular complexity index is 1010. The number of ether oxygens (including phenoxy) is 1. The van der Waals surface area contributed by atoms with E-state index in [1.165, 1.54) is 6.08 Å². The largest absolute Gasteiger partial charge is 0.462 e. The molecule has 2 N–H and O–H groups in total. The number of nitrogens with two attached hydrogens (primary N) is 1. The molecule has 0 atom stereocenters. The van der Waals surface area contributed by atoms with Gasteiger partial charge in [-0.1, -0.05) is 30.3 Å². The molecule has 0 unspecified atom stereocenters. The van der Waals surface area contributed by atoms with Gasteiger partial charge in [0.05, 0.1) is 23.7 Å². The van der Waals surface area contributed by atoms with Crippen molar-refractivity contribution in [3.8, 4) is 23.0 Å². The zero-order valence-corrected chi connectivity index (χ0v) is 14.8. The number of rotatable bonds is 5. The average molecular weight is 358 g/mol. The third-order valence-electron chi connectivity index (χ3n) is 3.84. The summed E-state index contributed by atoms with van der Waals surface area (Å²) < 4.78 is 6.66. The van der Waals surface area contributed by atoms with Crippen LogP contribution in [-0.2, 0) is 9.53 Å². The van der Waals surface area contributed by atoms with E-state index < -0.39 is 5.97 Å². The molecule has 0 aliphatic rings. The van der Waals surface area contributed by atoms with E-state index in [0.717, 1.165) is 16.9 Å². The average Bonchev–Trinajstić information content (AvgIpc) is 3.11. The summed E-state index contributed by atoms with van der Waals surface area (Å²) in [6.45, 7) is 1.89. The van der Waals surface area contributed by atoms with Gasteiger partial charge in [0.2, 0.25) is 0 Å². The van der Waals surface area contributed by atoms with Crippen molar-refractivity contribution in [2.75, 3.05) is 12.3 Å². The number of nitrogen functional groups attached to an aromatic ring is 1. The minimum Gasteiger partial charge on any atom is -0.462 e. The lowest BCUT2D eigenvalue weighted by Crippen LogP contribution is -2.06. The molecule has 27 heavy (non-hydrogen) atoms. The van der Waals surface area contributed by atoms with Gasteiger partial charge in [0.1, 0.15) is 11.6 Å². The zero-order chi connectivity index (χ0) is 19.2. The van der Waals surface area contributed by atoms with E-state index >= 15 is 0 Å². The maximum atomic E-state index is 11.9. The first-order chi connectivity index (χ1) is 13.1. The van der Waals surface area contributed by atoms with Gasteiger partial charge in [0.25, 0.3) is 0 Å². The monoisotopic (exact) mass is 358 g/mol. The van der Waals surface area contributed by atoms with Gasteiger partial charge < -0.3 is 10.5 Å². The summed E-state index contributed by atoms with van der Waals surface area (Å²) in [7, 11) is 0. The highest BCUT2D eigenvalue weighted by Crippen LogP contribution is 2.25. The van der Waals surface area contributed by atoms with Gasteiger partial charge in [-0.15, -0.1) is 0 Å². The first-order valence-corrected chi connectivity index (χ1v) is 8.42. The molecule has 6 nitrogen and oxygen atoms in total. The Labute approximate surface area is 157 Å². The molecule has 134 valence electrons. The van der Waals surface area contributed by atoms with Gasteiger partial charge >= 0.3 is 5.97 Å². The molecule has 0 saturated carbocycles. The molecule has 0 fully saturated rings. The number of carbonyl (C=O) groups is 1. The first kappa shape index (κ1) is 18.0. The highest BCUT2D eigenvalue weighted by molar-refractivity contribution is 5.97. The number of aromatic nitrogens is 2. The lowest BCUT2D eigenvalue weighted by atomic mass is 10.1. The number of hydrogen-bond acceptors (Lipinski definition) is 5. The van der Waals surface area contributed by atoms with Crippen molar-refractivity contribution in [1.82, 2.24) is 9.78 Å². The van der Waals surface area contributed by atoms with Crippen molar-refractivity contribution in [3.05, 3.63) is 71.9 Å². The van der Waals surface area contributed by atoms with E-state index in [1.54, 1.807) is 23.7 Å². The fourth-order valence-electron chi connectivity index (χ4n) is 2.59. The van der Waals surface area contributed by atoms with Crippen LogP contribution in [0.5, 0.6) is 0 Å². The van der Waals surface area contributed by atoms with Gasteiger partial charge in [-0.05, 0) is 43.3 Å². The topological polar surface area (TPSA) is 93.9 Å². The molecule has 0 radical (unpaired) electrons. The van der Waals surface area contributed by atoms with Crippen LogP contribution in [0.1, 0.15) is 12.6 Å². The van der Waals surface area contributed by atoms with E-state index in [9.17, 15) is 10.1 Å². The summed E-state index contributed by atoms with van der Waals surface area (Å²) in [6, 6.07) is 20.7. The first-order valence-electron chi connectivity index (χ1n) is 8.42. The minimum atomic E-state index is -0.664. The maximum Gasteiger partial charge on any atom is 0.348 e. The van der Waals surface area contributed by atoms with Crippen LogP contribution in [0.25, 0.3) is 23.0 Å². The predicted molar refractivity (Wildman–Crippen MR) is 104 cm³/mol. The number of nitriles is 1. The molecule has 0 amide bonds. The van der Waals surface area contributed by atoms with Crippen molar-refractivity contribution in [2.24, 2.45) is 0 Å². The van der Waals surface area contributed by atoms with Crippen LogP contribution < -0.4 is 5.73 Å². The summed E-state index contributed by atoms with van der Waals surface area (Å²) >= 11 is 0. The van der Waals surface area contributed by atoms with Gasteiger partial charge in [0, 0.05) is 11.3 Å². The Balaban J connectivity index is 2.11. The molecule has 0 aliphatic carbocycles. The number of hydrogen-bond donors (Lipinski definition) is 1. The standard InChI is InChI=1S/C21H18N4O2/c1-2-27-21(26)16(14-22)12-18-13-20(15-6-4-3-5-7-15)25(24-18)19-10-8-17(23)9-11-19/h3-13H,2,23H2,1H3. The minimum absolute atomic E-state index is 0.0987. The van der Waals surface area contributed by atoms with Crippen LogP contribution in [-0.4, -0.2) is 22.4 Å². The summed E-state index contributed by atoms with van der Waals surface area (Å²) in [6.07, 6.45) is 1.43. The van der Waals surface area contributed by atoms with Gasteiger partial charge in [-0.2, -0.15) is 10.4 Å². The Kier molecular flexibility index (Phi) is 5.33. The van der Waals surface area contributed by atoms with E-state index in [-0.39, 0.29) is 12.2 Å². The predicted octanol–water partition coefficient (Wildman–Crippen LogP) is 3.59. The van der Waals surface area contributed by atoms with Crippen molar-refractivity contribution in [1.29, 1.82) is 5.26 Å².